The third-order valence-electron chi connectivity index (χ3n) is 3.79. The van der Waals surface area contributed by atoms with Crippen molar-refractivity contribution in [1.29, 1.82) is 5.26 Å². The molecule has 2 rings (SSSR count). The van der Waals surface area contributed by atoms with Crippen molar-refractivity contribution in [3.05, 3.63) is 63.7 Å². The van der Waals surface area contributed by atoms with Gasteiger partial charge in [-0.25, -0.2) is 0 Å². The van der Waals surface area contributed by atoms with Crippen LogP contribution in [-0.2, 0) is 6.54 Å². The fraction of sp³-hybridized carbons (Fsp3) is 0.278. The Bertz CT molecular complexity index is 679. The number of benzene rings is 2. The van der Waals surface area contributed by atoms with E-state index in [0.717, 1.165) is 17.8 Å². The lowest BCUT2D eigenvalue weighted by Gasteiger charge is -2.13. The second-order valence-electron chi connectivity index (χ2n) is 5.36. The van der Waals surface area contributed by atoms with Gasteiger partial charge < -0.3 is 5.32 Å². The van der Waals surface area contributed by atoms with Gasteiger partial charge in [0.2, 0.25) is 0 Å². The Balaban J connectivity index is 2.21. The first-order chi connectivity index (χ1) is 9.51. The smallest absolute Gasteiger partial charge is 0.0992 e. The number of anilines is 1. The average molecular weight is 264 g/mol. The molecule has 2 aromatic carbocycles. The molecule has 0 atom stereocenters. The molecule has 1 N–H and O–H groups in total. The van der Waals surface area contributed by atoms with E-state index in [2.05, 4.69) is 51.2 Å². The number of nitrogens with zero attached hydrogens (tertiary/aromatic N) is 1. The largest absolute Gasteiger partial charge is 0.381 e. The van der Waals surface area contributed by atoms with Crippen LogP contribution in [0.4, 0.5) is 5.69 Å². The van der Waals surface area contributed by atoms with Crippen molar-refractivity contribution >= 4 is 5.69 Å². The van der Waals surface area contributed by atoms with Crippen LogP contribution in [0.1, 0.15) is 33.4 Å². The van der Waals surface area contributed by atoms with Crippen molar-refractivity contribution in [1.82, 2.24) is 0 Å². The highest BCUT2D eigenvalue weighted by atomic mass is 14.9. The molecule has 2 heteroatoms. The van der Waals surface area contributed by atoms with Crippen LogP contribution in [0.3, 0.4) is 0 Å². The summed E-state index contributed by atoms with van der Waals surface area (Å²) in [6.45, 7) is 9.25. The van der Waals surface area contributed by atoms with Gasteiger partial charge in [-0.05, 0) is 67.6 Å². The molecule has 0 saturated heterocycles. The van der Waals surface area contributed by atoms with Gasteiger partial charge in [-0.2, -0.15) is 5.26 Å². The maximum atomic E-state index is 8.97. The molecule has 0 aromatic heterocycles. The Kier molecular flexibility index (Phi) is 4.10. The van der Waals surface area contributed by atoms with Gasteiger partial charge in [0.25, 0.3) is 0 Å². The molecule has 0 aliphatic carbocycles. The number of rotatable bonds is 3. The minimum Gasteiger partial charge on any atom is -0.381 e. The predicted molar refractivity (Wildman–Crippen MR) is 83.9 cm³/mol. The monoisotopic (exact) mass is 264 g/mol. The topological polar surface area (TPSA) is 35.8 Å². The molecule has 0 spiro atoms. The van der Waals surface area contributed by atoms with Gasteiger partial charge in [0.15, 0.2) is 0 Å². The van der Waals surface area contributed by atoms with E-state index in [4.69, 9.17) is 5.26 Å². The fourth-order valence-corrected chi connectivity index (χ4v) is 2.28. The molecule has 0 saturated carbocycles. The number of aryl methyl sites for hydroxylation is 4. The summed E-state index contributed by atoms with van der Waals surface area (Å²) in [5.74, 6) is 0. The van der Waals surface area contributed by atoms with Crippen molar-refractivity contribution < 1.29 is 0 Å². The van der Waals surface area contributed by atoms with E-state index in [0.29, 0.717) is 5.56 Å². The number of hydrogen-bond donors (Lipinski definition) is 1. The van der Waals surface area contributed by atoms with Crippen LogP contribution < -0.4 is 5.32 Å². The minimum absolute atomic E-state index is 0.690. The van der Waals surface area contributed by atoms with Crippen LogP contribution in [0.2, 0.25) is 0 Å². The van der Waals surface area contributed by atoms with E-state index < -0.39 is 0 Å². The Morgan fingerprint density at radius 3 is 2.30 bits per heavy atom. The Hall–Kier alpha value is -2.27. The lowest BCUT2D eigenvalue weighted by atomic mass is 10.0. The highest BCUT2D eigenvalue weighted by Crippen LogP contribution is 2.20. The first-order valence-corrected chi connectivity index (χ1v) is 6.82. The van der Waals surface area contributed by atoms with Gasteiger partial charge in [0.05, 0.1) is 11.6 Å². The maximum Gasteiger partial charge on any atom is 0.0992 e. The third kappa shape index (κ3) is 3.00. The predicted octanol–water partition coefficient (Wildman–Crippen LogP) is 4.40. The van der Waals surface area contributed by atoms with E-state index in [1.54, 1.807) is 0 Å². The van der Waals surface area contributed by atoms with E-state index in [1.807, 2.05) is 18.2 Å². The molecule has 0 aliphatic heterocycles. The SMILES string of the molecule is Cc1cc(C)c(CNc2cc(C#N)ccc2C)cc1C. The maximum absolute atomic E-state index is 8.97. The second kappa shape index (κ2) is 5.79. The molecular formula is C18H20N2. The fourth-order valence-electron chi connectivity index (χ4n) is 2.28. The lowest BCUT2D eigenvalue weighted by Crippen LogP contribution is -2.04. The Labute approximate surface area is 121 Å². The summed E-state index contributed by atoms with van der Waals surface area (Å²) in [6.07, 6.45) is 0. The van der Waals surface area contributed by atoms with Crippen molar-refractivity contribution in [3.8, 4) is 6.07 Å². The van der Waals surface area contributed by atoms with Crippen molar-refractivity contribution in [2.24, 2.45) is 0 Å². The first-order valence-electron chi connectivity index (χ1n) is 6.82. The normalized spacial score (nSPS) is 10.2. The second-order valence-corrected chi connectivity index (χ2v) is 5.36. The van der Waals surface area contributed by atoms with Crippen LogP contribution >= 0.6 is 0 Å². The zero-order chi connectivity index (χ0) is 14.7. The Morgan fingerprint density at radius 1 is 0.900 bits per heavy atom. The molecule has 2 aromatic rings. The van der Waals surface area contributed by atoms with Gasteiger partial charge in [-0.15, -0.1) is 0 Å². The van der Waals surface area contributed by atoms with Crippen molar-refractivity contribution in [2.75, 3.05) is 5.32 Å². The molecule has 0 radical (unpaired) electrons. The van der Waals surface area contributed by atoms with Crippen LogP contribution in [0.25, 0.3) is 0 Å². The average Bonchev–Trinajstić information content (AvgIpc) is 2.43. The quantitative estimate of drug-likeness (QED) is 0.891. The summed E-state index contributed by atoms with van der Waals surface area (Å²) < 4.78 is 0. The Morgan fingerprint density at radius 2 is 1.60 bits per heavy atom. The summed E-state index contributed by atoms with van der Waals surface area (Å²) in [7, 11) is 0. The minimum atomic E-state index is 0.690. The van der Waals surface area contributed by atoms with Gasteiger partial charge in [0.1, 0.15) is 0 Å². The van der Waals surface area contributed by atoms with Crippen LogP contribution in [0.15, 0.2) is 30.3 Å². The molecule has 102 valence electrons. The van der Waals surface area contributed by atoms with Crippen LogP contribution in [0, 0.1) is 39.0 Å². The van der Waals surface area contributed by atoms with E-state index >= 15 is 0 Å². The van der Waals surface area contributed by atoms with E-state index in [1.165, 1.54) is 22.3 Å². The van der Waals surface area contributed by atoms with Gasteiger partial charge >= 0.3 is 0 Å². The summed E-state index contributed by atoms with van der Waals surface area (Å²) in [6, 6.07) is 12.4. The van der Waals surface area contributed by atoms with Gasteiger partial charge in [-0.3, -0.25) is 0 Å². The number of nitrogens with one attached hydrogen (secondary N) is 1. The molecule has 0 unspecified atom stereocenters. The molecule has 0 aliphatic rings. The lowest BCUT2D eigenvalue weighted by molar-refractivity contribution is 1.09. The number of nitriles is 1. The molecule has 0 heterocycles. The van der Waals surface area contributed by atoms with Crippen LogP contribution in [-0.4, -0.2) is 0 Å². The highest BCUT2D eigenvalue weighted by molar-refractivity contribution is 5.55. The zero-order valence-electron chi connectivity index (χ0n) is 12.5. The first kappa shape index (κ1) is 14.1. The molecule has 0 amide bonds. The molecule has 20 heavy (non-hydrogen) atoms. The third-order valence-corrected chi connectivity index (χ3v) is 3.79. The van der Waals surface area contributed by atoms with E-state index in [9.17, 15) is 0 Å². The van der Waals surface area contributed by atoms with Crippen molar-refractivity contribution in [2.45, 2.75) is 34.2 Å². The number of hydrogen-bond acceptors (Lipinski definition) is 2. The molecular weight excluding hydrogens is 244 g/mol. The van der Waals surface area contributed by atoms with E-state index in [-0.39, 0.29) is 0 Å². The highest BCUT2D eigenvalue weighted by Gasteiger charge is 2.04. The molecule has 2 nitrogen and oxygen atoms in total. The standard InChI is InChI=1S/C18H20N2/c1-12-5-6-16(10-19)9-18(12)20-11-17-8-14(3)13(2)7-15(17)4/h5-9,20H,11H2,1-4H3. The molecule has 0 fully saturated rings. The summed E-state index contributed by atoms with van der Waals surface area (Å²) >= 11 is 0. The van der Waals surface area contributed by atoms with Gasteiger partial charge in [-0.1, -0.05) is 18.2 Å². The summed E-state index contributed by atoms with van der Waals surface area (Å²) in [5.41, 5.74) is 8.12. The van der Waals surface area contributed by atoms with Crippen LogP contribution in [0.5, 0.6) is 0 Å². The van der Waals surface area contributed by atoms with Gasteiger partial charge in [0, 0.05) is 12.2 Å². The van der Waals surface area contributed by atoms with Crippen molar-refractivity contribution in [3.63, 3.8) is 0 Å². The zero-order valence-corrected chi connectivity index (χ0v) is 12.5. The summed E-state index contributed by atoms with van der Waals surface area (Å²) in [5, 5.41) is 12.4. The summed E-state index contributed by atoms with van der Waals surface area (Å²) in [4.78, 5) is 0. The molecule has 0 bridgehead atoms.